The number of hydrogen-bond donors (Lipinski definition) is 1. The van der Waals surface area contributed by atoms with Crippen molar-refractivity contribution in [3.63, 3.8) is 0 Å². The molecule has 2 atom stereocenters. The Hall–Kier alpha value is -0.0800. The summed E-state index contributed by atoms with van der Waals surface area (Å²) in [6, 6.07) is 1.71. The lowest BCUT2D eigenvalue weighted by atomic mass is 10.0. The van der Waals surface area contributed by atoms with Crippen molar-refractivity contribution < 1.29 is 0 Å². The predicted octanol–water partition coefficient (Wildman–Crippen LogP) is 1.86. The van der Waals surface area contributed by atoms with Gasteiger partial charge in [0.2, 0.25) is 0 Å². The lowest BCUT2D eigenvalue weighted by Crippen LogP contribution is -2.42. The summed E-state index contributed by atoms with van der Waals surface area (Å²) in [6.45, 7) is 8.49. The first kappa shape index (κ1) is 10.4. The molecule has 0 aliphatic carbocycles. The number of rotatable bonds is 2. The highest BCUT2D eigenvalue weighted by Crippen LogP contribution is 2.26. The fraction of sp³-hybridized carbons (Fsp3) is 1.00. The van der Waals surface area contributed by atoms with Crippen molar-refractivity contribution >= 4 is 0 Å². The van der Waals surface area contributed by atoms with Gasteiger partial charge in [-0.2, -0.15) is 0 Å². The molecule has 2 aliphatic heterocycles. The molecule has 0 amide bonds. The topological polar surface area (TPSA) is 15.3 Å². The third-order valence-corrected chi connectivity index (χ3v) is 3.67. The van der Waals surface area contributed by atoms with Crippen LogP contribution in [0, 0.1) is 5.92 Å². The average molecular weight is 196 g/mol. The monoisotopic (exact) mass is 196 g/mol. The summed E-state index contributed by atoms with van der Waals surface area (Å²) in [5.41, 5.74) is 0. The fourth-order valence-electron chi connectivity index (χ4n) is 3.07. The number of hydrogen-bond acceptors (Lipinski definition) is 2. The predicted molar refractivity (Wildman–Crippen MR) is 60.5 cm³/mol. The smallest absolute Gasteiger partial charge is 0.0226 e. The maximum absolute atomic E-state index is 3.59. The van der Waals surface area contributed by atoms with Crippen molar-refractivity contribution in [1.29, 1.82) is 0 Å². The molecule has 0 aromatic rings. The fourth-order valence-corrected chi connectivity index (χ4v) is 3.07. The second-order valence-electron chi connectivity index (χ2n) is 5.31. The van der Waals surface area contributed by atoms with Gasteiger partial charge in [-0.05, 0) is 44.7 Å². The summed E-state index contributed by atoms with van der Waals surface area (Å²) in [4.78, 5) is 2.78. The van der Waals surface area contributed by atoms with Gasteiger partial charge >= 0.3 is 0 Å². The summed E-state index contributed by atoms with van der Waals surface area (Å²) >= 11 is 0. The van der Waals surface area contributed by atoms with Gasteiger partial charge in [0.1, 0.15) is 0 Å². The second-order valence-corrected chi connectivity index (χ2v) is 5.31. The minimum atomic E-state index is 0.810. The quantitative estimate of drug-likeness (QED) is 0.725. The highest BCUT2D eigenvalue weighted by Gasteiger charge is 2.32. The SMILES string of the molecule is CC(C)CC1CNCCC2CCCN21. The maximum Gasteiger partial charge on any atom is 0.0226 e. The van der Waals surface area contributed by atoms with E-state index in [-0.39, 0.29) is 0 Å². The van der Waals surface area contributed by atoms with Crippen molar-refractivity contribution in [1.82, 2.24) is 10.2 Å². The summed E-state index contributed by atoms with van der Waals surface area (Å²) in [6.07, 6.45) is 5.60. The lowest BCUT2D eigenvalue weighted by molar-refractivity contribution is 0.169. The minimum absolute atomic E-state index is 0.810. The van der Waals surface area contributed by atoms with Crippen LogP contribution in [0.25, 0.3) is 0 Å². The van der Waals surface area contributed by atoms with Crippen LogP contribution in [0.2, 0.25) is 0 Å². The van der Waals surface area contributed by atoms with Crippen LogP contribution < -0.4 is 5.32 Å². The molecule has 0 aromatic carbocycles. The van der Waals surface area contributed by atoms with Gasteiger partial charge < -0.3 is 5.32 Å². The molecular formula is C12H24N2. The molecule has 2 nitrogen and oxygen atoms in total. The van der Waals surface area contributed by atoms with Crippen LogP contribution in [0.4, 0.5) is 0 Å². The Morgan fingerprint density at radius 3 is 3.00 bits per heavy atom. The number of nitrogens with one attached hydrogen (secondary N) is 1. The third kappa shape index (κ3) is 2.29. The van der Waals surface area contributed by atoms with Gasteiger partial charge in [-0.3, -0.25) is 4.90 Å². The van der Waals surface area contributed by atoms with E-state index in [2.05, 4.69) is 24.1 Å². The highest BCUT2D eigenvalue weighted by molar-refractivity contribution is 4.89. The molecule has 0 radical (unpaired) electrons. The van der Waals surface area contributed by atoms with Crippen LogP contribution in [0.1, 0.15) is 39.5 Å². The Bertz CT molecular complexity index is 179. The number of fused-ring (bicyclic) bond motifs is 1. The molecule has 2 saturated heterocycles. The van der Waals surface area contributed by atoms with Gasteiger partial charge in [0, 0.05) is 18.6 Å². The zero-order valence-corrected chi connectivity index (χ0v) is 9.63. The lowest BCUT2D eigenvalue weighted by Gasteiger charge is -2.31. The summed E-state index contributed by atoms with van der Waals surface area (Å²) in [5, 5.41) is 3.59. The van der Waals surface area contributed by atoms with E-state index in [4.69, 9.17) is 0 Å². The Balaban J connectivity index is 1.98. The molecule has 1 N–H and O–H groups in total. The number of nitrogens with zero attached hydrogens (tertiary/aromatic N) is 1. The summed E-state index contributed by atoms with van der Waals surface area (Å²) in [5.74, 6) is 0.834. The van der Waals surface area contributed by atoms with Gasteiger partial charge in [0.25, 0.3) is 0 Å². The van der Waals surface area contributed by atoms with E-state index >= 15 is 0 Å². The molecule has 14 heavy (non-hydrogen) atoms. The molecule has 2 heteroatoms. The third-order valence-electron chi connectivity index (χ3n) is 3.67. The van der Waals surface area contributed by atoms with Crippen LogP contribution in [-0.2, 0) is 0 Å². The molecule has 2 aliphatic rings. The van der Waals surface area contributed by atoms with Crippen molar-refractivity contribution in [3.05, 3.63) is 0 Å². The molecule has 2 rings (SSSR count). The van der Waals surface area contributed by atoms with E-state index in [1.54, 1.807) is 0 Å². The first-order valence-electron chi connectivity index (χ1n) is 6.24. The van der Waals surface area contributed by atoms with Crippen molar-refractivity contribution in [2.24, 2.45) is 5.92 Å². The Labute approximate surface area is 88.1 Å². The van der Waals surface area contributed by atoms with Crippen LogP contribution in [-0.4, -0.2) is 36.6 Å². The molecule has 0 aromatic heterocycles. The Morgan fingerprint density at radius 2 is 2.21 bits per heavy atom. The van der Waals surface area contributed by atoms with Gasteiger partial charge in [-0.15, -0.1) is 0 Å². The second kappa shape index (κ2) is 4.63. The van der Waals surface area contributed by atoms with Crippen LogP contribution in [0.15, 0.2) is 0 Å². The standard InChI is InChI=1S/C12H24N2/c1-10(2)8-12-9-13-6-5-11-4-3-7-14(11)12/h10-13H,3-9H2,1-2H3. The molecule has 2 fully saturated rings. The molecule has 0 bridgehead atoms. The molecule has 0 saturated carbocycles. The minimum Gasteiger partial charge on any atom is -0.315 e. The van der Waals surface area contributed by atoms with Gasteiger partial charge in [0.15, 0.2) is 0 Å². The maximum atomic E-state index is 3.59. The van der Waals surface area contributed by atoms with E-state index < -0.39 is 0 Å². The molecule has 2 unspecified atom stereocenters. The average Bonchev–Trinajstić information content (AvgIpc) is 2.51. The van der Waals surface area contributed by atoms with E-state index in [1.807, 2.05) is 0 Å². The van der Waals surface area contributed by atoms with Gasteiger partial charge in [-0.25, -0.2) is 0 Å². The van der Waals surface area contributed by atoms with Crippen LogP contribution in [0.3, 0.4) is 0 Å². The van der Waals surface area contributed by atoms with Crippen molar-refractivity contribution in [2.75, 3.05) is 19.6 Å². The highest BCUT2D eigenvalue weighted by atomic mass is 15.2. The zero-order valence-electron chi connectivity index (χ0n) is 9.63. The first-order valence-corrected chi connectivity index (χ1v) is 6.24. The van der Waals surface area contributed by atoms with Gasteiger partial charge in [-0.1, -0.05) is 13.8 Å². The van der Waals surface area contributed by atoms with Crippen molar-refractivity contribution in [3.8, 4) is 0 Å². The Kier molecular flexibility index (Phi) is 3.45. The first-order chi connectivity index (χ1) is 6.77. The Morgan fingerprint density at radius 1 is 1.36 bits per heavy atom. The zero-order chi connectivity index (χ0) is 9.97. The molecule has 82 valence electrons. The molecule has 0 spiro atoms. The summed E-state index contributed by atoms with van der Waals surface area (Å²) < 4.78 is 0. The van der Waals surface area contributed by atoms with Crippen LogP contribution in [0.5, 0.6) is 0 Å². The van der Waals surface area contributed by atoms with E-state index in [9.17, 15) is 0 Å². The van der Waals surface area contributed by atoms with E-state index in [0.29, 0.717) is 0 Å². The molecule has 2 heterocycles. The van der Waals surface area contributed by atoms with Crippen LogP contribution >= 0.6 is 0 Å². The normalized spacial score (nSPS) is 34.5. The van der Waals surface area contributed by atoms with Crippen molar-refractivity contribution in [2.45, 2.75) is 51.6 Å². The molecular weight excluding hydrogens is 172 g/mol. The largest absolute Gasteiger partial charge is 0.315 e. The van der Waals surface area contributed by atoms with E-state index in [1.165, 1.54) is 45.3 Å². The van der Waals surface area contributed by atoms with Gasteiger partial charge in [0.05, 0.1) is 0 Å². The summed E-state index contributed by atoms with van der Waals surface area (Å²) in [7, 11) is 0. The van der Waals surface area contributed by atoms with E-state index in [0.717, 1.165) is 18.0 Å².